The van der Waals surface area contributed by atoms with Gasteiger partial charge in [0.1, 0.15) is 0 Å². The third kappa shape index (κ3) is 1.69. The van der Waals surface area contributed by atoms with E-state index in [1.54, 1.807) is 0 Å². The van der Waals surface area contributed by atoms with E-state index in [4.69, 9.17) is 5.73 Å². The highest BCUT2D eigenvalue weighted by atomic mass is 14.6. The van der Waals surface area contributed by atoms with Crippen molar-refractivity contribution in [2.75, 3.05) is 0 Å². The lowest BCUT2D eigenvalue weighted by atomic mass is 9.83. The van der Waals surface area contributed by atoms with Gasteiger partial charge in [-0.2, -0.15) is 0 Å². The first-order chi connectivity index (χ1) is 6.68. The molecule has 0 aliphatic heterocycles. The predicted octanol–water partition coefficient (Wildman–Crippen LogP) is 2.63. The summed E-state index contributed by atoms with van der Waals surface area (Å²) in [7, 11) is 0. The molecule has 1 aliphatic rings. The number of hydrogen-bond acceptors (Lipinski definition) is 1. The molecular formula is C13H19N. The van der Waals surface area contributed by atoms with Crippen LogP contribution in [0.3, 0.4) is 0 Å². The Balaban J connectivity index is 2.43. The molecule has 0 spiro atoms. The Hall–Kier alpha value is -0.820. The monoisotopic (exact) mass is 189 g/mol. The molecule has 2 N–H and O–H groups in total. The minimum absolute atomic E-state index is 0.377. The largest absolute Gasteiger partial charge is 0.327 e. The van der Waals surface area contributed by atoms with Crippen molar-refractivity contribution >= 4 is 0 Å². The maximum absolute atomic E-state index is 6.02. The molecular weight excluding hydrogens is 170 g/mol. The molecule has 14 heavy (non-hydrogen) atoms. The van der Waals surface area contributed by atoms with Crippen molar-refractivity contribution < 1.29 is 0 Å². The summed E-state index contributed by atoms with van der Waals surface area (Å²) in [5.74, 6) is 0.621. The molecule has 0 unspecified atom stereocenters. The summed E-state index contributed by atoms with van der Waals surface area (Å²) < 4.78 is 0. The summed E-state index contributed by atoms with van der Waals surface area (Å²) in [5, 5.41) is 0. The van der Waals surface area contributed by atoms with E-state index < -0.39 is 0 Å². The van der Waals surface area contributed by atoms with Gasteiger partial charge in [0.2, 0.25) is 0 Å². The predicted molar refractivity (Wildman–Crippen MR) is 60.5 cm³/mol. The lowest BCUT2D eigenvalue weighted by Gasteiger charge is -2.25. The van der Waals surface area contributed by atoms with Crippen LogP contribution in [0, 0.1) is 0 Å². The van der Waals surface area contributed by atoms with Crippen LogP contribution in [0.5, 0.6) is 0 Å². The maximum Gasteiger partial charge on any atom is 0.00826 e. The first-order valence-corrected chi connectivity index (χ1v) is 5.54. The van der Waals surface area contributed by atoms with E-state index in [1.807, 2.05) is 0 Å². The second-order valence-corrected chi connectivity index (χ2v) is 4.64. The SMILES string of the molecule is CC(C)c1cccc2c1C[C@@H](N)CC2. The minimum atomic E-state index is 0.377. The second kappa shape index (κ2) is 3.74. The molecule has 0 fully saturated rings. The molecule has 0 bridgehead atoms. The van der Waals surface area contributed by atoms with Gasteiger partial charge in [0.25, 0.3) is 0 Å². The summed E-state index contributed by atoms with van der Waals surface area (Å²) in [6.45, 7) is 4.52. The Morgan fingerprint density at radius 2 is 2.14 bits per heavy atom. The van der Waals surface area contributed by atoms with E-state index in [9.17, 15) is 0 Å². The lowest BCUT2D eigenvalue weighted by Crippen LogP contribution is -2.28. The number of fused-ring (bicyclic) bond motifs is 1. The highest BCUT2D eigenvalue weighted by Gasteiger charge is 2.18. The maximum atomic E-state index is 6.02. The third-order valence-electron chi connectivity index (χ3n) is 3.18. The molecule has 1 atom stereocenters. The van der Waals surface area contributed by atoms with Gasteiger partial charge < -0.3 is 5.73 Å². The van der Waals surface area contributed by atoms with E-state index in [2.05, 4.69) is 32.0 Å². The van der Waals surface area contributed by atoms with Crippen molar-refractivity contribution in [2.24, 2.45) is 5.73 Å². The van der Waals surface area contributed by atoms with Crippen molar-refractivity contribution in [2.45, 2.75) is 45.1 Å². The van der Waals surface area contributed by atoms with E-state index in [0.717, 1.165) is 19.3 Å². The second-order valence-electron chi connectivity index (χ2n) is 4.64. The van der Waals surface area contributed by atoms with Crippen LogP contribution in [0.1, 0.15) is 42.9 Å². The van der Waals surface area contributed by atoms with Gasteiger partial charge in [-0.1, -0.05) is 32.0 Å². The number of hydrogen-bond donors (Lipinski definition) is 1. The molecule has 0 amide bonds. The first kappa shape index (κ1) is 9.72. The molecule has 1 aromatic carbocycles. The fourth-order valence-corrected chi connectivity index (χ4v) is 2.38. The van der Waals surface area contributed by atoms with Crippen LogP contribution in [0.4, 0.5) is 0 Å². The van der Waals surface area contributed by atoms with Crippen LogP contribution in [-0.4, -0.2) is 6.04 Å². The minimum Gasteiger partial charge on any atom is -0.327 e. The zero-order valence-electron chi connectivity index (χ0n) is 9.09. The van der Waals surface area contributed by atoms with Crippen LogP contribution in [0.2, 0.25) is 0 Å². The molecule has 0 aromatic heterocycles. The van der Waals surface area contributed by atoms with Crippen LogP contribution in [0.25, 0.3) is 0 Å². The summed E-state index contributed by atoms with van der Waals surface area (Å²) in [5.41, 5.74) is 10.6. The summed E-state index contributed by atoms with van der Waals surface area (Å²) >= 11 is 0. The molecule has 0 radical (unpaired) electrons. The molecule has 1 aliphatic carbocycles. The number of benzene rings is 1. The Morgan fingerprint density at radius 3 is 2.86 bits per heavy atom. The number of nitrogens with two attached hydrogens (primary N) is 1. The highest BCUT2D eigenvalue weighted by Crippen LogP contribution is 2.28. The Labute approximate surface area is 86.3 Å². The molecule has 2 rings (SSSR count). The Kier molecular flexibility index (Phi) is 2.60. The molecule has 76 valence electrons. The molecule has 0 heterocycles. The van der Waals surface area contributed by atoms with Crippen molar-refractivity contribution in [1.29, 1.82) is 0 Å². The van der Waals surface area contributed by atoms with Crippen LogP contribution in [-0.2, 0) is 12.8 Å². The zero-order chi connectivity index (χ0) is 10.1. The quantitative estimate of drug-likeness (QED) is 0.722. The summed E-state index contributed by atoms with van der Waals surface area (Å²) in [6, 6.07) is 7.07. The fraction of sp³-hybridized carbons (Fsp3) is 0.538. The van der Waals surface area contributed by atoms with Gasteiger partial charge in [-0.15, -0.1) is 0 Å². The van der Waals surface area contributed by atoms with Gasteiger partial charge in [0.05, 0.1) is 0 Å². The van der Waals surface area contributed by atoms with Crippen molar-refractivity contribution in [3.63, 3.8) is 0 Å². The zero-order valence-corrected chi connectivity index (χ0v) is 9.09. The van der Waals surface area contributed by atoms with E-state index in [0.29, 0.717) is 12.0 Å². The molecule has 1 aromatic rings. The van der Waals surface area contributed by atoms with E-state index in [-0.39, 0.29) is 0 Å². The lowest BCUT2D eigenvalue weighted by molar-refractivity contribution is 0.570. The number of aryl methyl sites for hydroxylation is 1. The average molecular weight is 189 g/mol. The van der Waals surface area contributed by atoms with Crippen molar-refractivity contribution in [3.8, 4) is 0 Å². The summed E-state index contributed by atoms with van der Waals surface area (Å²) in [4.78, 5) is 0. The van der Waals surface area contributed by atoms with Crippen LogP contribution < -0.4 is 5.73 Å². The van der Waals surface area contributed by atoms with Gasteiger partial charge in [0, 0.05) is 6.04 Å². The molecule has 1 heteroatoms. The highest BCUT2D eigenvalue weighted by molar-refractivity contribution is 5.39. The van der Waals surface area contributed by atoms with Crippen molar-refractivity contribution in [3.05, 3.63) is 34.9 Å². The average Bonchev–Trinajstić information content (AvgIpc) is 2.16. The molecule has 1 nitrogen and oxygen atoms in total. The molecule has 0 saturated heterocycles. The van der Waals surface area contributed by atoms with Crippen LogP contribution in [0.15, 0.2) is 18.2 Å². The van der Waals surface area contributed by atoms with E-state index in [1.165, 1.54) is 16.7 Å². The Morgan fingerprint density at radius 1 is 1.36 bits per heavy atom. The topological polar surface area (TPSA) is 26.0 Å². The molecule has 0 saturated carbocycles. The van der Waals surface area contributed by atoms with E-state index >= 15 is 0 Å². The number of rotatable bonds is 1. The van der Waals surface area contributed by atoms with Gasteiger partial charge in [-0.25, -0.2) is 0 Å². The van der Waals surface area contributed by atoms with Gasteiger partial charge in [-0.05, 0) is 41.9 Å². The van der Waals surface area contributed by atoms with Crippen LogP contribution >= 0.6 is 0 Å². The fourth-order valence-electron chi connectivity index (χ4n) is 2.38. The Bertz CT molecular complexity index is 328. The smallest absolute Gasteiger partial charge is 0.00826 e. The first-order valence-electron chi connectivity index (χ1n) is 5.54. The normalized spacial score (nSPS) is 21.0. The summed E-state index contributed by atoms with van der Waals surface area (Å²) in [6.07, 6.45) is 3.38. The standard InChI is InChI=1S/C13H19N/c1-9(2)12-5-3-4-10-6-7-11(14)8-13(10)12/h3-5,9,11H,6-8,14H2,1-2H3/t11-/m0/s1. The third-order valence-corrected chi connectivity index (χ3v) is 3.18. The van der Waals surface area contributed by atoms with Gasteiger partial charge in [-0.3, -0.25) is 0 Å². The van der Waals surface area contributed by atoms with Gasteiger partial charge in [0.15, 0.2) is 0 Å². The van der Waals surface area contributed by atoms with Gasteiger partial charge >= 0.3 is 0 Å². The van der Waals surface area contributed by atoms with Crippen molar-refractivity contribution in [1.82, 2.24) is 0 Å².